The monoisotopic (exact) mass is 130 g/mol. The molecule has 0 aliphatic carbocycles. The Hall–Kier alpha value is 0.507. The van der Waals surface area contributed by atoms with Crippen LogP contribution in [-0.2, 0) is 10.1 Å². The number of rotatable bonds is 2. The first-order valence-electron chi connectivity index (χ1n) is 2.00. The van der Waals surface area contributed by atoms with Crippen molar-refractivity contribution >= 4 is 10.1 Å². The van der Waals surface area contributed by atoms with Gasteiger partial charge in [-0.1, -0.05) is 6.92 Å². The van der Waals surface area contributed by atoms with E-state index in [1.807, 2.05) is 0 Å². The van der Waals surface area contributed by atoms with E-state index in [1.54, 1.807) is 6.92 Å². The van der Waals surface area contributed by atoms with Crippen LogP contribution in [0.1, 0.15) is 13.3 Å². The Morgan fingerprint density at radius 1 is 1.50 bits per heavy atom. The van der Waals surface area contributed by atoms with Gasteiger partial charge in [0.1, 0.15) is 0 Å². The van der Waals surface area contributed by atoms with Crippen molar-refractivity contribution in [1.82, 2.24) is 0 Å². The van der Waals surface area contributed by atoms with E-state index in [0.29, 0.717) is 6.42 Å². The smallest absolute Gasteiger partial charge is 0.748 e. The molecule has 0 aromatic carbocycles. The van der Waals surface area contributed by atoms with E-state index in [1.165, 1.54) is 0 Å². The van der Waals surface area contributed by atoms with Crippen LogP contribution in [0.4, 0.5) is 0 Å². The zero-order chi connectivity index (χ0) is 5.91. The van der Waals surface area contributed by atoms with Crippen molar-refractivity contribution in [2.45, 2.75) is 13.3 Å². The minimum atomic E-state index is -3.92. The molecular weight excluding hydrogens is 123 g/mol. The van der Waals surface area contributed by atoms with Gasteiger partial charge in [0.25, 0.3) is 0 Å². The molecule has 0 N–H and O–H groups in total. The Morgan fingerprint density at radius 2 is 1.88 bits per heavy atom. The van der Waals surface area contributed by atoms with Crippen LogP contribution in [0.3, 0.4) is 0 Å². The second kappa shape index (κ2) is 4.39. The third-order valence-corrected chi connectivity index (χ3v) is 1.36. The minimum Gasteiger partial charge on any atom is -0.748 e. The van der Waals surface area contributed by atoms with Gasteiger partial charge in [0.2, 0.25) is 0 Å². The van der Waals surface area contributed by atoms with Gasteiger partial charge in [-0.2, -0.15) is 0 Å². The SMILES string of the molecule is CCCS(=O)(=O)[O-].[Li+]. The van der Waals surface area contributed by atoms with Crippen molar-refractivity contribution in [2.24, 2.45) is 0 Å². The van der Waals surface area contributed by atoms with E-state index in [9.17, 15) is 13.0 Å². The molecule has 0 rings (SSSR count). The fourth-order valence-corrected chi connectivity index (χ4v) is 0.750. The summed E-state index contributed by atoms with van der Waals surface area (Å²) in [6.07, 6.45) is 0.409. The van der Waals surface area contributed by atoms with Crippen LogP contribution in [0.15, 0.2) is 0 Å². The maximum absolute atomic E-state index is 9.68. The van der Waals surface area contributed by atoms with Crippen LogP contribution in [0, 0.1) is 0 Å². The summed E-state index contributed by atoms with van der Waals surface area (Å²) in [6, 6.07) is 0. The van der Waals surface area contributed by atoms with E-state index in [2.05, 4.69) is 0 Å². The van der Waals surface area contributed by atoms with Crippen molar-refractivity contribution in [3.8, 4) is 0 Å². The summed E-state index contributed by atoms with van der Waals surface area (Å²) < 4.78 is 29.0. The molecule has 5 heteroatoms. The zero-order valence-electron chi connectivity index (χ0n) is 5.05. The summed E-state index contributed by atoms with van der Waals surface area (Å²) in [7, 11) is -3.92. The summed E-state index contributed by atoms with van der Waals surface area (Å²) in [5, 5.41) is 0. The molecule has 0 fully saturated rings. The van der Waals surface area contributed by atoms with Crippen molar-refractivity contribution in [3.63, 3.8) is 0 Å². The maximum Gasteiger partial charge on any atom is 1.00 e. The van der Waals surface area contributed by atoms with Crippen LogP contribution in [0.25, 0.3) is 0 Å². The predicted molar refractivity (Wildman–Crippen MR) is 24.9 cm³/mol. The molecule has 0 saturated heterocycles. The molecule has 0 saturated carbocycles. The fourth-order valence-electron chi connectivity index (χ4n) is 0.250. The second-order valence-corrected chi connectivity index (χ2v) is 2.79. The van der Waals surface area contributed by atoms with E-state index in [-0.39, 0.29) is 24.6 Å². The maximum atomic E-state index is 9.68. The Bertz CT molecular complexity index is 127. The van der Waals surface area contributed by atoms with Crippen LogP contribution in [0.5, 0.6) is 0 Å². The van der Waals surface area contributed by atoms with Crippen LogP contribution >= 0.6 is 0 Å². The van der Waals surface area contributed by atoms with Gasteiger partial charge in [0, 0.05) is 5.75 Å². The Balaban J connectivity index is 0. The normalized spacial score (nSPS) is 10.2. The van der Waals surface area contributed by atoms with Gasteiger partial charge in [-0.3, -0.25) is 0 Å². The molecule has 0 aliphatic heterocycles. The molecule has 8 heavy (non-hydrogen) atoms. The molecule has 44 valence electrons. The van der Waals surface area contributed by atoms with E-state index < -0.39 is 10.1 Å². The molecule has 0 aliphatic rings. The van der Waals surface area contributed by atoms with Crippen molar-refractivity contribution in [2.75, 3.05) is 5.75 Å². The molecule has 0 aromatic rings. The molecular formula is C3H7LiO3S. The summed E-state index contributed by atoms with van der Waals surface area (Å²) in [6.45, 7) is 1.65. The number of hydrogen-bond donors (Lipinski definition) is 0. The van der Waals surface area contributed by atoms with E-state index in [0.717, 1.165) is 0 Å². The largest absolute Gasteiger partial charge is 1.00 e. The average Bonchev–Trinajstić information content (AvgIpc) is 1.30. The van der Waals surface area contributed by atoms with Crippen LogP contribution in [0.2, 0.25) is 0 Å². The second-order valence-electron chi connectivity index (χ2n) is 1.26. The Kier molecular flexibility index (Phi) is 6.22. The quantitative estimate of drug-likeness (QED) is 0.294. The van der Waals surface area contributed by atoms with Crippen LogP contribution < -0.4 is 18.9 Å². The van der Waals surface area contributed by atoms with Crippen molar-refractivity contribution < 1.29 is 31.8 Å². The molecule has 0 amide bonds. The van der Waals surface area contributed by atoms with E-state index >= 15 is 0 Å². The molecule has 0 bridgehead atoms. The molecule has 3 nitrogen and oxygen atoms in total. The number of hydrogen-bond acceptors (Lipinski definition) is 3. The topological polar surface area (TPSA) is 57.2 Å². The molecule has 0 spiro atoms. The van der Waals surface area contributed by atoms with Gasteiger partial charge in [-0.15, -0.1) is 0 Å². The molecule has 0 radical (unpaired) electrons. The molecule has 0 unspecified atom stereocenters. The van der Waals surface area contributed by atoms with Gasteiger partial charge in [0.05, 0.1) is 10.1 Å². The fraction of sp³-hybridized carbons (Fsp3) is 1.00. The molecule has 0 aromatic heterocycles. The third kappa shape index (κ3) is 9.72. The van der Waals surface area contributed by atoms with Gasteiger partial charge in [-0.05, 0) is 6.42 Å². The summed E-state index contributed by atoms with van der Waals surface area (Å²) >= 11 is 0. The van der Waals surface area contributed by atoms with Crippen LogP contribution in [-0.4, -0.2) is 18.7 Å². The minimum absolute atomic E-state index is 0. The average molecular weight is 130 g/mol. The Morgan fingerprint density at radius 3 is 1.88 bits per heavy atom. The standard InChI is InChI=1S/C3H8O3S.Li/c1-2-3-7(4,5)6;/h2-3H2,1H3,(H,4,5,6);/q;+1/p-1. The predicted octanol–water partition coefficient (Wildman–Crippen LogP) is -3.05. The molecule has 0 atom stereocenters. The third-order valence-electron chi connectivity index (χ3n) is 0.454. The Labute approximate surface area is 61.4 Å². The van der Waals surface area contributed by atoms with Gasteiger partial charge in [0.15, 0.2) is 0 Å². The first-order chi connectivity index (χ1) is 3.06. The van der Waals surface area contributed by atoms with E-state index in [4.69, 9.17) is 0 Å². The zero-order valence-corrected chi connectivity index (χ0v) is 5.86. The van der Waals surface area contributed by atoms with Crippen molar-refractivity contribution in [1.29, 1.82) is 0 Å². The summed E-state index contributed by atoms with van der Waals surface area (Å²) in [4.78, 5) is 0. The molecule has 0 heterocycles. The van der Waals surface area contributed by atoms with Gasteiger partial charge in [-0.25, -0.2) is 8.42 Å². The van der Waals surface area contributed by atoms with Gasteiger partial charge < -0.3 is 4.55 Å². The first-order valence-corrected chi connectivity index (χ1v) is 3.57. The van der Waals surface area contributed by atoms with Crippen molar-refractivity contribution in [3.05, 3.63) is 0 Å². The summed E-state index contributed by atoms with van der Waals surface area (Å²) in [5.74, 6) is -0.243. The summed E-state index contributed by atoms with van der Waals surface area (Å²) in [5.41, 5.74) is 0. The first kappa shape index (κ1) is 11.3. The van der Waals surface area contributed by atoms with Gasteiger partial charge >= 0.3 is 18.9 Å².